The van der Waals surface area contributed by atoms with Crippen LogP contribution in [0.5, 0.6) is 0 Å². The number of hydrogen-bond acceptors (Lipinski definition) is 3. The zero-order valence-electron chi connectivity index (χ0n) is 30.6. The van der Waals surface area contributed by atoms with Gasteiger partial charge in [0.15, 0.2) is 0 Å². The van der Waals surface area contributed by atoms with Gasteiger partial charge >= 0.3 is 0 Å². The molecule has 4 heterocycles. The fourth-order valence-corrected chi connectivity index (χ4v) is 12.2. The van der Waals surface area contributed by atoms with Crippen LogP contribution in [0.15, 0.2) is 182 Å². The van der Waals surface area contributed by atoms with Gasteiger partial charge < -0.3 is 13.6 Å². The molecule has 0 N–H and O–H groups in total. The maximum Gasteiger partial charge on any atom is 0.135 e. The van der Waals surface area contributed by atoms with E-state index in [2.05, 4.69) is 169 Å². The van der Waals surface area contributed by atoms with E-state index >= 15 is 0 Å². The maximum atomic E-state index is 6.23. The number of fused-ring (bicyclic) bond motifs is 15. The van der Waals surface area contributed by atoms with E-state index in [0.29, 0.717) is 0 Å². The van der Waals surface area contributed by atoms with E-state index in [1.54, 1.807) is 0 Å². The summed E-state index contributed by atoms with van der Waals surface area (Å²) in [5.41, 5.74) is 14.4. The van der Waals surface area contributed by atoms with E-state index in [1.807, 2.05) is 35.7 Å². The van der Waals surface area contributed by atoms with Crippen molar-refractivity contribution in [3.05, 3.63) is 169 Å². The second-order valence-corrected chi connectivity index (χ2v) is 17.8. The summed E-state index contributed by atoms with van der Waals surface area (Å²) in [6.45, 7) is 4.76. The van der Waals surface area contributed by atoms with Crippen molar-refractivity contribution in [1.29, 1.82) is 0 Å². The number of furan rings is 1. The Kier molecular flexibility index (Phi) is 6.11. The average Bonchev–Trinajstić information content (AvgIpc) is 3.94. The number of nitrogens with zero attached hydrogens (tertiary/aromatic N) is 2. The van der Waals surface area contributed by atoms with Crippen molar-refractivity contribution in [1.82, 2.24) is 9.13 Å². The van der Waals surface area contributed by atoms with Gasteiger partial charge in [0.25, 0.3) is 0 Å². The smallest absolute Gasteiger partial charge is 0.135 e. The Balaban J connectivity index is 1.10. The molecule has 0 atom stereocenters. The quantitative estimate of drug-likeness (QED) is 0.176. The molecule has 0 radical (unpaired) electrons. The lowest BCUT2D eigenvalue weighted by molar-refractivity contribution is 0.661. The third kappa shape index (κ3) is 4.06. The van der Waals surface area contributed by atoms with Crippen LogP contribution in [-0.2, 0) is 5.41 Å². The first kappa shape index (κ1) is 31.1. The van der Waals surface area contributed by atoms with Crippen molar-refractivity contribution in [2.75, 3.05) is 0 Å². The van der Waals surface area contributed by atoms with Crippen molar-refractivity contribution in [3.63, 3.8) is 0 Å². The molecule has 3 nitrogen and oxygen atoms in total. The molecule has 0 unspecified atom stereocenters. The molecule has 13 rings (SSSR count). The van der Waals surface area contributed by atoms with Gasteiger partial charge in [0, 0.05) is 63.8 Å². The highest BCUT2D eigenvalue weighted by Crippen LogP contribution is 2.55. The molecule has 5 heteroatoms. The molecular weight excluding hydrogens is 721 g/mol. The van der Waals surface area contributed by atoms with E-state index in [0.717, 1.165) is 27.6 Å². The van der Waals surface area contributed by atoms with Gasteiger partial charge in [-0.3, -0.25) is 0 Å². The summed E-state index contributed by atoms with van der Waals surface area (Å²) in [7, 11) is 0. The zero-order chi connectivity index (χ0) is 36.9. The fraction of sp³-hybridized carbons (Fsp3) is 0.0588. The molecular formula is C51H32N2OS2. The van der Waals surface area contributed by atoms with E-state index in [4.69, 9.17) is 4.42 Å². The fourth-order valence-electron chi connectivity index (χ4n) is 9.78. The van der Waals surface area contributed by atoms with Gasteiger partial charge in [-0.05, 0) is 101 Å². The standard InChI is InChI=1S/C51H32N2OS2/c1-51(2)39-14-6-3-11-31(39)35-27-37-34-21-24-48-50(56-47-18-10-9-17-46(47)55-48)49(34)53(43(37)28-40(35)51)30-19-22-42-36(25-30)32-12-4-7-15-41(32)52(42)29-20-23-45-38(26-29)33-13-5-8-16-44(33)54-45/h3-28H,1-2H3. The van der Waals surface area contributed by atoms with Crippen LogP contribution >= 0.6 is 23.5 Å². The number of rotatable bonds is 2. The lowest BCUT2D eigenvalue weighted by Gasteiger charge is -2.22. The summed E-state index contributed by atoms with van der Waals surface area (Å²) in [6, 6.07) is 58.3. The first-order valence-corrected chi connectivity index (χ1v) is 20.8. The maximum absolute atomic E-state index is 6.23. The molecule has 264 valence electrons. The van der Waals surface area contributed by atoms with Crippen LogP contribution in [0.2, 0.25) is 0 Å². The highest BCUT2D eigenvalue weighted by molar-refractivity contribution is 8.05. The van der Waals surface area contributed by atoms with Crippen LogP contribution in [0.25, 0.3) is 88.1 Å². The molecule has 8 aromatic carbocycles. The second kappa shape index (κ2) is 11.0. The van der Waals surface area contributed by atoms with Crippen LogP contribution in [0.1, 0.15) is 25.0 Å². The van der Waals surface area contributed by atoms with E-state index < -0.39 is 0 Å². The van der Waals surface area contributed by atoms with Gasteiger partial charge in [0.1, 0.15) is 11.2 Å². The molecule has 3 aromatic heterocycles. The first-order valence-electron chi connectivity index (χ1n) is 19.2. The Hall–Kier alpha value is -6.14. The Morgan fingerprint density at radius 1 is 0.429 bits per heavy atom. The lowest BCUT2D eigenvalue weighted by atomic mass is 9.82. The molecule has 1 aliphatic heterocycles. The second-order valence-electron chi connectivity index (χ2n) is 15.7. The SMILES string of the molecule is CC1(C)c2ccccc2-c2cc3c4ccc5c(c4n(-c4ccc6c(c4)c4ccccc4n6-c4ccc6oc7ccccc7c6c4)c3cc21)Sc1ccccc1S5. The predicted octanol–water partition coefficient (Wildman–Crippen LogP) is 14.7. The summed E-state index contributed by atoms with van der Waals surface area (Å²) in [4.78, 5) is 5.27. The van der Waals surface area contributed by atoms with Gasteiger partial charge in [-0.1, -0.05) is 116 Å². The minimum atomic E-state index is -0.108. The van der Waals surface area contributed by atoms with Crippen LogP contribution < -0.4 is 0 Å². The average molecular weight is 753 g/mol. The highest BCUT2D eigenvalue weighted by Gasteiger charge is 2.36. The Morgan fingerprint density at radius 2 is 1.11 bits per heavy atom. The molecule has 0 amide bonds. The van der Waals surface area contributed by atoms with E-state index in [1.165, 1.54) is 91.1 Å². The van der Waals surface area contributed by atoms with Crippen LogP contribution in [0.4, 0.5) is 0 Å². The first-order chi connectivity index (χ1) is 27.5. The van der Waals surface area contributed by atoms with Crippen LogP contribution in [0, 0.1) is 0 Å². The topological polar surface area (TPSA) is 23.0 Å². The number of benzene rings is 8. The van der Waals surface area contributed by atoms with E-state index in [9.17, 15) is 0 Å². The van der Waals surface area contributed by atoms with Gasteiger partial charge in [0.05, 0.1) is 27.0 Å². The number of hydrogen-bond donors (Lipinski definition) is 0. The molecule has 0 bridgehead atoms. The molecule has 0 saturated carbocycles. The zero-order valence-corrected chi connectivity index (χ0v) is 32.3. The molecule has 11 aromatic rings. The molecule has 0 saturated heterocycles. The minimum Gasteiger partial charge on any atom is -0.456 e. The summed E-state index contributed by atoms with van der Waals surface area (Å²) in [5.74, 6) is 0. The van der Waals surface area contributed by atoms with Gasteiger partial charge in [0.2, 0.25) is 0 Å². The summed E-state index contributed by atoms with van der Waals surface area (Å²) >= 11 is 3.80. The monoisotopic (exact) mass is 752 g/mol. The molecule has 1 aliphatic carbocycles. The molecule has 2 aliphatic rings. The Labute approximate surface area is 331 Å². The largest absolute Gasteiger partial charge is 0.456 e. The van der Waals surface area contributed by atoms with Crippen molar-refractivity contribution in [2.45, 2.75) is 38.8 Å². The number of aromatic nitrogens is 2. The summed E-state index contributed by atoms with van der Waals surface area (Å²) < 4.78 is 11.2. The Bertz CT molecular complexity index is 3530. The van der Waals surface area contributed by atoms with E-state index in [-0.39, 0.29) is 5.41 Å². The van der Waals surface area contributed by atoms with Crippen LogP contribution in [-0.4, -0.2) is 9.13 Å². The Morgan fingerprint density at radius 3 is 2.02 bits per heavy atom. The summed E-state index contributed by atoms with van der Waals surface area (Å²) in [6.07, 6.45) is 0. The minimum absolute atomic E-state index is 0.108. The van der Waals surface area contributed by atoms with Gasteiger partial charge in [-0.15, -0.1) is 0 Å². The van der Waals surface area contributed by atoms with Crippen LogP contribution in [0.3, 0.4) is 0 Å². The third-order valence-corrected chi connectivity index (χ3v) is 15.0. The van der Waals surface area contributed by atoms with Gasteiger partial charge in [-0.2, -0.15) is 0 Å². The predicted molar refractivity (Wildman–Crippen MR) is 235 cm³/mol. The molecule has 0 spiro atoms. The highest BCUT2D eigenvalue weighted by atomic mass is 32.2. The van der Waals surface area contributed by atoms with Crippen molar-refractivity contribution >= 4 is 89.1 Å². The van der Waals surface area contributed by atoms with Gasteiger partial charge in [-0.25, -0.2) is 0 Å². The third-order valence-electron chi connectivity index (χ3n) is 12.4. The molecule has 0 fully saturated rings. The molecule has 56 heavy (non-hydrogen) atoms. The van der Waals surface area contributed by atoms with Crippen molar-refractivity contribution in [2.24, 2.45) is 0 Å². The summed E-state index contributed by atoms with van der Waals surface area (Å²) in [5, 5.41) is 7.32. The van der Waals surface area contributed by atoms with Crippen molar-refractivity contribution < 1.29 is 4.42 Å². The van der Waals surface area contributed by atoms with Crippen molar-refractivity contribution in [3.8, 4) is 22.5 Å². The normalized spacial score (nSPS) is 14.2. The number of para-hydroxylation sites is 2. The lowest BCUT2D eigenvalue weighted by Crippen LogP contribution is -2.15.